The molecule has 3 heterocycles. The van der Waals surface area contributed by atoms with Crippen LogP contribution in [-0.4, -0.2) is 36.4 Å². The van der Waals surface area contributed by atoms with Crippen LogP contribution >= 0.6 is 10.9 Å². The van der Waals surface area contributed by atoms with Crippen molar-refractivity contribution in [2.45, 2.75) is 6.42 Å². The Morgan fingerprint density at radius 3 is 2.62 bits per heavy atom. The van der Waals surface area contributed by atoms with Gasteiger partial charge in [0.2, 0.25) is 5.82 Å². The van der Waals surface area contributed by atoms with Gasteiger partial charge in [-0.15, -0.1) is 0 Å². The van der Waals surface area contributed by atoms with Gasteiger partial charge in [-0.05, 0) is 17.7 Å². The van der Waals surface area contributed by atoms with E-state index in [-0.39, 0.29) is 16.7 Å². The number of aliphatic imine (C=N–C) groups is 1. The molecule has 6 heteroatoms. The van der Waals surface area contributed by atoms with Gasteiger partial charge < -0.3 is 4.74 Å². The average molecular weight is 304 g/mol. The van der Waals surface area contributed by atoms with Crippen LogP contribution in [0.25, 0.3) is 0 Å². The second-order valence-corrected chi connectivity index (χ2v) is 6.65. The first-order valence-electron chi connectivity index (χ1n) is 6.99. The topological polar surface area (TPSA) is 37.7 Å². The zero-order valence-electron chi connectivity index (χ0n) is 11.5. The van der Waals surface area contributed by atoms with Crippen molar-refractivity contribution in [2.24, 2.45) is 4.99 Å². The molecule has 1 aromatic heterocycles. The maximum atomic E-state index is 13.0. The number of fused-ring (bicyclic) bond motifs is 1. The molecular weight excluding hydrogens is 289 g/mol. The van der Waals surface area contributed by atoms with Crippen molar-refractivity contribution in [3.8, 4) is 0 Å². The summed E-state index contributed by atoms with van der Waals surface area (Å²) in [5.74, 6) is 0.632. The van der Waals surface area contributed by atoms with Gasteiger partial charge in [0.05, 0.1) is 37.6 Å². The van der Waals surface area contributed by atoms with E-state index in [1.807, 2.05) is 0 Å². The molecule has 0 spiro atoms. The number of rotatable bonds is 2. The third kappa shape index (κ3) is 2.50. The summed E-state index contributed by atoms with van der Waals surface area (Å²) in [5, 5.41) is 2.22. The highest BCUT2D eigenvalue weighted by atomic mass is 32.2. The van der Waals surface area contributed by atoms with E-state index in [0.717, 1.165) is 49.8 Å². The van der Waals surface area contributed by atoms with Crippen molar-refractivity contribution in [3.63, 3.8) is 0 Å². The molecule has 0 N–H and O–H groups in total. The van der Waals surface area contributed by atoms with Gasteiger partial charge in [-0.1, -0.05) is 16.4 Å². The molecule has 1 fully saturated rings. The molecule has 1 unspecified atom stereocenters. The standard InChI is InChI=1S/C15H15FN3OS/c16-13-3-1-11(2-4-13)14-9-12-10-21(18-15(12)17-14)19-5-7-20-8-6-19/h1-4,10H,5-9H2/q+1. The molecule has 4 nitrogen and oxygen atoms in total. The predicted molar refractivity (Wildman–Crippen MR) is 81.8 cm³/mol. The van der Waals surface area contributed by atoms with Crippen LogP contribution in [0.1, 0.15) is 11.1 Å². The third-order valence-corrected chi connectivity index (χ3v) is 5.48. The van der Waals surface area contributed by atoms with Gasteiger partial charge >= 0.3 is 0 Å². The third-order valence-electron chi connectivity index (χ3n) is 3.73. The average Bonchev–Trinajstić information content (AvgIpc) is 3.07. The lowest BCUT2D eigenvalue weighted by atomic mass is 10.1. The fourth-order valence-electron chi connectivity index (χ4n) is 2.59. The first kappa shape index (κ1) is 13.1. The Kier molecular flexibility index (Phi) is 3.29. The molecule has 0 bridgehead atoms. The lowest BCUT2D eigenvalue weighted by Crippen LogP contribution is -2.35. The normalized spacial score (nSPS) is 19.5. The summed E-state index contributed by atoms with van der Waals surface area (Å²) >= 11 is 0. The Balaban J connectivity index is 1.58. The Hall–Kier alpha value is -1.63. The summed E-state index contributed by atoms with van der Waals surface area (Å²) < 4.78 is 25.4. The number of hydrogen-bond acceptors (Lipinski definition) is 4. The predicted octanol–water partition coefficient (Wildman–Crippen LogP) is 2.61. The van der Waals surface area contributed by atoms with E-state index in [2.05, 4.69) is 14.7 Å². The number of nitrogens with zero attached hydrogens (tertiary/aromatic N) is 3. The highest BCUT2D eigenvalue weighted by Crippen LogP contribution is 2.34. The SMILES string of the molecule is Fc1ccc(C2=Nc3n[s+](N4CCOCC4)cc3C2)cc1. The molecule has 21 heavy (non-hydrogen) atoms. The molecule has 0 aliphatic carbocycles. The van der Waals surface area contributed by atoms with E-state index in [9.17, 15) is 4.39 Å². The zero-order chi connectivity index (χ0) is 14.2. The van der Waals surface area contributed by atoms with Gasteiger partial charge in [-0.2, -0.15) is 0 Å². The minimum absolute atomic E-state index is 0.185. The Morgan fingerprint density at radius 2 is 1.90 bits per heavy atom. The van der Waals surface area contributed by atoms with Crippen LogP contribution < -0.4 is 4.31 Å². The number of aromatic nitrogens is 1. The quantitative estimate of drug-likeness (QED) is 0.801. The molecule has 2 aromatic rings. The summed E-state index contributed by atoms with van der Waals surface area (Å²) in [6, 6.07) is 6.50. The van der Waals surface area contributed by atoms with Gasteiger partial charge in [0.25, 0.3) is 0 Å². The van der Waals surface area contributed by atoms with E-state index in [0.29, 0.717) is 0 Å². The van der Waals surface area contributed by atoms with Crippen molar-refractivity contribution in [1.29, 1.82) is 0 Å². The van der Waals surface area contributed by atoms with E-state index in [1.165, 1.54) is 17.7 Å². The fourth-order valence-corrected chi connectivity index (χ4v) is 4.21. The number of halogens is 1. The summed E-state index contributed by atoms with van der Waals surface area (Å²) in [6.45, 7) is 3.42. The van der Waals surface area contributed by atoms with Crippen molar-refractivity contribution >= 4 is 22.4 Å². The molecule has 108 valence electrons. The first-order chi connectivity index (χ1) is 10.3. The fraction of sp³-hybridized carbons (Fsp3) is 0.333. The van der Waals surface area contributed by atoms with Gasteiger partial charge in [-0.25, -0.2) is 9.38 Å². The molecule has 1 aromatic carbocycles. The van der Waals surface area contributed by atoms with E-state index in [1.54, 1.807) is 12.1 Å². The maximum Gasteiger partial charge on any atom is 0.218 e. The first-order valence-corrected chi connectivity index (χ1v) is 8.19. The number of hydrogen-bond donors (Lipinski definition) is 0. The second kappa shape index (κ2) is 5.29. The number of ether oxygens (including phenoxy) is 1. The lowest BCUT2D eigenvalue weighted by Gasteiger charge is -2.17. The largest absolute Gasteiger partial charge is 0.378 e. The van der Waals surface area contributed by atoms with Crippen molar-refractivity contribution < 1.29 is 9.13 Å². The zero-order valence-corrected chi connectivity index (χ0v) is 12.3. The van der Waals surface area contributed by atoms with E-state index < -0.39 is 0 Å². The molecule has 0 saturated carbocycles. The smallest absolute Gasteiger partial charge is 0.218 e. The molecule has 2 aliphatic rings. The van der Waals surface area contributed by atoms with Crippen LogP contribution in [0.2, 0.25) is 0 Å². The van der Waals surface area contributed by atoms with Crippen molar-refractivity contribution in [1.82, 2.24) is 4.37 Å². The summed E-state index contributed by atoms with van der Waals surface area (Å²) in [7, 11) is -0.185. The minimum atomic E-state index is -0.219. The summed E-state index contributed by atoms with van der Waals surface area (Å²) in [5.41, 5.74) is 3.15. The summed E-state index contributed by atoms with van der Waals surface area (Å²) in [4.78, 5) is 4.62. The number of benzene rings is 1. The lowest BCUT2D eigenvalue weighted by molar-refractivity contribution is 0.126. The molecule has 1 atom stereocenters. The molecule has 4 rings (SSSR count). The Morgan fingerprint density at radius 1 is 1.14 bits per heavy atom. The van der Waals surface area contributed by atoms with Crippen LogP contribution in [0, 0.1) is 5.82 Å². The van der Waals surface area contributed by atoms with Gasteiger partial charge in [0.1, 0.15) is 5.82 Å². The van der Waals surface area contributed by atoms with Gasteiger partial charge in [-0.3, -0.25) is 0 Å². The summed E-state index contributed by atoms with van der Waals surface area (Å²) in [6.07, 6.45) is 0.790. The number of morpholine rings is 1. The van der Waals surface area contributed by atoms with Crippen molar-refractivity contribution in [3.05, 3.63) is 46.6 Å². The highest BCUT2D eigenvalue weighted by Gasteiger charge is 2.30. The maximum absolute atomic E-state index is 13.0. The second-order valence-electron chi connectivity index (χ2n) is 5.13. The van der Waals surface area contributed by atoms with Gasteiger partial charge in [0, 0.05) is 10.8 Å². The van der Waals surface area contributed by atoms with Crippen LogP contribution in [0.4, 0.5) is 10.2 Å². The van der Waals surface area contributed by atoms with Crippen LogP contribution in [0.15, 0.2) is 34.6 Å². The van der Waals surface area contributed by atoms with Crippen LogP contribution in [0.5, 0.6) is 0 Å². The monoisotopic (exact) mass is 304 g/mol. The van der Waals surface area contributed by atoms with E-state index >= 15 is 0 Å². The van der Waals surface area contributed by atoms with Crippen LogP contribution in [-0.2, 0) is 11.2 Å². The molecule has 1 saturated heterocycles. The minimum Gasteiger partial charge on any atom is -0.378 e. The highest BCUT2D eigenvalue weighted by molar-refractivity contribution is 7.27. The van der Waals surface area contributed by atoms with Gasteiger partial charge in [0.15, 0.2) is 16.2 Å². The van der Waals surface area contributed by atoms with Crippen LogP contribution in [0.3, 0.4) is 0 Å². The molecule has 2 aliphatic heterocycles. The molecular formula is C15H15FN3OS+. The van der Waals surface area contributed by atoms with E-state index in [4.69, 9.17) is 9.11 Å². The molecule has 0 amide bonds. The Labute approximate surface area is 125 Å². The Bertz CT molecular complexity index is 689. The van der Waals surface area contributed by atoms with Crippen molar-refractivity contribution in [2.75, 3.05) is 30.6 Å². The molecule has 0 radical (unpaired) electrons.